The zero-order valence-corrected chi connectivity index (χ0v) is 7.97. The topological polar surface area (TPSA) is 72.8 Å². The number of aliphatic carboxylic acids is 1. The molecule has 1 N–H and O–H groups in total. The van der Waals surface area contributed by atoms with Crippen molar-refractivity contribution in [3.8, 4) is 11.5 Å². The number of Topliss-reactive ketones (excluding diaryl/α,β-unsaturated/α-hetero) is 1. The highest BCUT2D eigenvalue weighted by Crippen LogP contribution is 2.29. The molecular formula is C10H7FO5. The molecule has 84 valence electrons. The van der Waals surface area contributed by atoms with Gasteiger partial charge in [0.05, 0.1) is 5.56 Å². The number of ether oxygens (including phenoxy) is 2. The fraction of sp³-hybridized carbons (Fsp3) is 0.200. The Hall–Kier alpha value is -2.11. The monoisotopic (exact) mass is 226 g/mol. The number of carboxylic acid groups (broad SMARTS) is 1. The quantitative estimate of drug-likeness (QED) is 0.832. The van der Waals surface area contributed by atoms with Gasteiger partial charge in [0.15, 0.2) is 6.61 Å². The van der Waals surface area contributed by atoms with Gasteiger partial charge < -0.3 is 14.6 Å². The number of carbonyl (C=O) groups is 2. The Bertz CT molecular complexity index is 457. The third-order valence-electron chi connectivity index (χ3n) is 2.05. The molecule has 1 aliphatic heterocycles. The van der Waals surface area contributed by atoms with E-state index in [0.29, 0.717) is 5.56 Å². The van der Waals surface area contributed by atoms with E-state index in [9.17, 15) is 14.0 Å². The third-order valence-corrected chi connectivity index (χ3v) is 2.05. The van der Waals surface area contributed by atoms with E-state index < -0.39 is 12.3 Å². The number of carboxylic acids is 1. The molecule has 1 unspecified atom stereocenters. The van der Waals surface area contributed by atoms with E-state index in [4.69, 9.17) is 9.84 Å². The second-order valence-corrected chi connectivity index (χ2v) is 3.14. The van der Waals surface area contributed by atoms with Crippen molar-refractivity contribution in [1.82, 2.24) is 0 Å². The number of hydrogen-bond donors (Lipinski definition) is 1. The zero-order chi connectivity index (χ0) is 11.7. The van der Waals surface area contributed by atoms with E-state index in [2.05, 4.69) is 4.74 Å². The molecule has 0 spiro atoms. The van der Waals surface area contributed by atoms with Gasteiger partial charge in [-0.25, -0.2) is 4.79 Å². The van der Waals surface area contributed by atoms with Gasteiger partial charge in [0, 0.05) is 6.07 Å². The van der Waals surface area contributed by atoms with Crippen LogP contribution in [0.2, 0.25) is 0 Å². The van der Waals surface area contributed by atoms with Crippen LogP contribution in [0.1, 0.15) is 10.4 Å². The smallest absolute Gasteiger partial charge is 0.378 e. The van der Waals surface area contributed by atoms with Gasteiger partial charge in [-0.05, 0) is 12.1 Å². The lowest BCUT2D eigenvalue weighted by atomic mass is 10.1. The number of rotatable bonds is 3. The summed E-state index contributed by atoms with van der Waals surface area (Å²) in [7, 11) is 0. The van der Waals surface area contributed by atoms with E-state index in [1.165, 1.54) is 18.2 Å². The number of carbonyl (C=O) groups excluding carboxylic acids is 1. The number of hydrogen-bond acceptors (Lipinski definition) is 4. The Morgan fingerprint density at radius 3 is 3.00 bits per heavy atom. The molecular weight excluding hydrogens is 219 g/mol. The van der Waals surface area contributed by atoms with Crippen molar-refractivity contribution in [3.63, 3.8) is 0 Å². The molecule has 0 radical (unpaired) electrons. The van der Waals surface area contributed by atoms with Crippen LogP contribution < -0.4 is 9.47 Å². The van der Waals surface area contributed by atoms with E-state index >= 15 is 0 Å². The first-order valence-corrected chi connectivity index (χ1v) is 4.41. The lowest BCUT2D eigenvalue weighted by molar-refractivity contribution is -0.153. The number of ketones is 1. The average molecular weight is 226 g/mol. The lowest BCUT2D eigenvalue weighted by Crippen LogP contribution is -2.21. The molecule has 0 amide bonds. The maximum atomic E-state index is 12.7. The molecule has 0 fully saturated rings. The number of fused-ring (bicyclic) bond motifs is 1. The predicted octanol–water partition coefficient (Wildman–Crippen LogP) is 1.02. The molecule has 0 saturated carbocycles. The maximum Gasteiger partial charge on any atom is 0.378 e. The highest BCUT2D eigenvalue weighted by Gasteiger charge is 2.23. The summed E-state index contributed by atoms with van der Waals surface area (Å²) in [5.74, 6) is -1.60. The van der Waals surface area contributed by atoms with Gasteiger partial charge in [0.2, 0.25) is 5.78 Å². The Labute approximate surface area is 89.4 Å². The minimum absolute atomic E-state index is 0.00310. The standard InChI is InChI=1S/C10H7FO5/c11-9(10(13)14)16-5-1-2-6-7(12)4-15-8(6)3-5/h1-3,9H,4H2,(H,13,14). The minimum atomic E-state index is -2.44. The summed E-state index contributed by atoms with van der Waals surface area (Å²) in [5.41, 5.74) is 0.387. The second-order valence-electron chi connectivity index (χ2n) is 3.14. The van der Waals surface area contributed by atoms with Crippen molar-refractivity contribution in [2.75, 3.05) is 6.61 Å². The van der Waals surface area contributed by atoms with Gasteiger partial charge in [0.25, 0.3) is 0 Å². The number of halogens is 1. The molecule has 6 heteroatoms. The summed E-state index contributed by atoms with van der Waals surface area (Å²) >= 11 is 0. The summed E-state index contributed by atoms with van der Waals surface area (Å²) in [6.45, 7) is -0.0588. The highest BCUT2D eigenvalue weighted by atomic mass is 19.1. The maximum absolute atomic E-state index is 12.7. The van der Waals surface area contributed by atoms with Gasteiger partial charge in [0.1, 0.15) is 11.5 Å². The molecule has 1 aromatic rings. The van der Waals surface area contributed by atoms with Gasteiger partial charge in [-0.3, -0.25) is 4.79 Å². The van der Waals surface area contributed by atoms with Crippen molar-refractivity contribution < 1.29 is 28.6 Å². The van der Waals surface area contributed by atoms with E-state index in [-0.39, 0.29) is 23.9 Å². The fourth-order valence-electron chi connectivity index (χ4n) is 1.32. The van der Waals surface area contributed by atoms with Crippen molar-refractivity contribution in [2.24, 2.45) is 0 Å². The summed E-state index contributed by atoms with van der Waals surface area (Å²) in [6, 6.07) is 4.02. The summed E-state index contributed by atoms with van der Waals surface area (Å²) < 4.78 is 22.2. The van der Waals surface area contributed by atoms with Crippen LogP contribution in [0.15, 0.2) is 18.2 Å². The molecule has 2 rings (SSSR count). The van der Waals surface area contributed by atoms with Crippen molar-refractivity contribution in [3.05, 3.63) is 23.8 Å². The predicted molar refractivity (Wildman–Crippen MR) is 49.4 cm³/mol. The third kappa shape index (κ3) is 1.81. The average Bonchev–Trinajstić information content (AvgIpc) is 2.60. The molecule has 1 aromatic carbocycles. The van der Waals surface area contributed by atoms with E-state index in [0.717, 1.165) is 0 Å². The molecule has 5 nitrogen and oxygen atoms in total. The van der Waals surface area contributed by atoms with Crippen LogP contribution in [0.5, 0.6) is 11.5 Å². The highest BCUT2D eigenvalue weighted by molar-refractivity contribution is 6.02. The van der Waals surface area contributed by atoms with Crippen LogP contribution in [0.25, 0.3) is 0 Å². The van der Waals surface area contributed by atoms with Crippen molar-refractivity contribution in [1.29, 1.82) is 0 Å². The van der Waals surface area contributed by atoms with E-state index in [1.807, 2.05) is 0 Å². The van der Waals surface area contributed by atoms with Crippen molar-refractivity contribution in [2.45, 2.75) is 6.36 Å². The first-order valence-electron chi connectivity index (χ1n) is 4.41. The van der Waals surface area contributed by atoms with Crippen LogP contribution >= 0.6 is 0 Å². The Morgan fingerprint density at radius 2 is 2.31 bits per heavy atom. The Kier molecular flexibility index (Phi) is 2.47. The van der Waals surface area contributed by atoms with Gasteiger partial charge in [-0.1, -0.05) is 0 Å². The summed E-state index contributed by atoms with van der Waals surface area (Å²) in [4.78, 5) is 21.4. The lowest BCUT2D eigenvalue weighted by Gasteiger charge is -2.07. The number of benzene rings is 1. The van der Waals surface area contributed by atoms with Crippen LogP contribution in [0.3, 0.4) is 0 Å². The van der Waals surface area contributed by atoms with Gasteiger partial charge >= 0.3 is 12.3 Å². The minimum Gasteiger partial charge on any atom is -0.485 e. The SMILES string of the molecule is O=C1COc2cc(OC(F)C(=O)O)ccc21. The van der Waals surface area contributed by atoms with Crippen molar-refractivity contribution >= 4 is 11.8 Å². The fourth-order valence-corrected chi connectivity index (χ4v) is 1.32. The summed E-state index contributed by atoms with van der Waals surface area (Å²) in [6.07, 6.45) is -2.44. The second kappa shape index (κ2) is 3.80. The molecule has 0 aromatic heterocycles. The first kappa shape index (κ1) is 10.4. The molecule has 1 aliphatic rings. The summed E-state index contributed by atoms with van der Waals surface area (Å²) in [5, 5.41) is 8.29. The van der Waals surface area contributed by atoms with Crippen LogP contribution in [0, 0.1) is 0 Å². The van der Waals surface area contributed by atoms with Crippen LogP contribution in [0.4, 0.5) is 4.39 Å². The van der Waals surface area contributed by atoms with Gasteiger partial charge in [-0.2, -0.15) is 4.39 Å². The largest absolute Gasteiger partial charge is 0.485 e. The van der Waals surface area contributed by atoms with Crippen LogP contribution in [-0.2, 0) is 4.79 Å². The number of alkyl halides is 1. The Morgan fingerprint density at radius 1 is 1.56 bits per heavy atom. The molecule has 0 aliphatic carbocycles. The molecule has 0 bridgehead atoms. The van der Waals surface area contributed by atoms with Crippen LogP contribution in [-0.4, -0.2) is 29.8 Å². The van der Waals surface area contributed by atoms with E-state index in [1.54, 1.807) is 0 Å². The zero-order valence-electron chi connectivity index (χ0n) is 7.97. The molecule has 1 atom stereocenters. The van der Waals surface area contributed by atoms with Gasteiger partial charge in [-0.15, -0.1) is 0 Å². The Balaban J connectivity index is 2.19. The molecule has 1 heterocycles. The first-order chi connectivity index (χ1) is 7.58. The molecule has 16 heavy (non-hydrogen) atoms. The normalized spacial score (nSPS) is 15.2. The molecule has 0 saturated heterocycles.